The largest absolute Gasteiger partial charge is 0.416 e. The SMILES string of the molecule is Cc1cccc(CC(O)c2cccc(C(F)(F)F)c2)c1. The Balaban J connectivity index is 2.19. The van der Waals surface area contributed by atoms with E-state index in [1.54, 1.807) is 0 Å². The summed E-state index contributed by atoms with van der Waals surface area (Å²) in [5.74, 6) is 0. The molecule has 20 heavy (non-hydrogen) atoms. The number of aliphatic hydroxyl groups is 1. The van der Waals surface area contributed by atoms with Crippen LogP contribution in [0.25, 0.3) is 0 Å². The van der Waals surface area contributed by atoms with Gasteiger partial charge in [-0.05, 0) is 30.2 Å². The number of benzene rings is 2. The van der Waals surface area contributed by atoms with Crippen LogP contribution < -0.4 is 0 Å². The molecule has 0 saturated heterocycles. The van der Waals surface area contributed by atoms with E-state index >= 15 is 0 Å². The van der Waals surface area contributed by atoms with Crippen molar-refractivity contribution in [1.82, 2.24) is 0 Å². The molecule has 1 atom stereocenters. The van der Waals surface area contributed by atoms with Crippen LogP contribution in [0.2, 0.25) is 0 Å². The van der Waals surface area contributed by atoms with Crippen LogP contribution in [0.15, 0.2) is 48.5 Å². The summed E-state index contributed by atoms with van der Waals surface area (Å²) < 4.78 is 37.9. The minimum Gasteiger partial charge on any atom is -0.388 e. The molecule has 2 aromatic rings. The molecule has 0 spiro atoms. The predicted octanol–water partition coefficient (Wildman–Crippen LogP) is 4.29. The fraction of sp³-hybridized carbons (Fsp3) is 0.250. The highest BCUT2D eigenvalue weighted by atomic mass is 19.4. The Labute approximate surface area is 115 Å². The molecule has 0 fully saturated rings. The van der Waals surface area contributed by atoms with Gasteiger partial charge < -0.3 is 5.11 Å². The van der Waals surface area contributed by atoms with Gasteiger partial charge >= 0.3 is 6.18 Å². The standard InChI is InChI=1S/C16H15F3O/c1-11-4-2-5-12(8-11)9-15(20)13-6-3-7-14(10-13)16(17,18)19/h2-8,10,15,20H,9H2,1H3. The van der Waals surface area contributed by atoms with E-state index in [1.807, 2.05) is 31.2 Å². The van der Waals surface area contributed by atoms with E-state index in [-0.39, 0.29) is 5.56 Å². The average molecular weight is 280 g/mol. The van der Waals surface area contributed by atoms with E-state index in [1.165, 1.54) is 12.1 Å². The molecule has 0 saturated carbocycles. The van der Waals surface area contributed by atoms with Gasteiger partial charge in [-0.2, -0.15) is 13.2 Å². The fourth-order valence-electron chi connectivity index (χ4n) is 2.10. The zero-order chi connectivity index (χ0) is 14.8. The Bertz CT molecular complexity index is 590. The molecule has 4 heteroatoms. The number of halogens is 3. The highest BCUT2D eigenvalue weighted by Crippen LogP contribution is 2.31. The van der Waals surface area contributed by atoms with E-state index < -0.39 is 17.8 Å². The number of hydrogen-bond donors (Lipinski definition) is 1. The van der Waals surface area contributed by atoms with Gasteiger partial charge in [-0.15, -0.1) is 0 Å². The maximum atomic E-state index is 12.6. The van der Waals surface area contributed by atoms with Crippen molar-refractivity contribution in [3.05, 3.63) is 70.8 Å². The molecule has 0 aliphatic heterocycles. The first-order valence-corrected chi connectivity index (χ1v) is 6.27. The first kappa shape index (κ1) is 14.6. The second-order valence-electron chi connectivity index (χ2n) is 4.83. The van der Waals surface area contributed by atoms with E-state index in [0.29, 0.717) is 6.42 Å². The zero-order valence-electron chi connectivity index (χ0n) is 11.0. The zero-order valence-corrected chi connectivity index (χ0v) is 11.0. The van der Waals surface area contributed by atoms with Crippen LogP contribution in [-0.4, -0.2) is 5.11 Å². The van der Waals surface area contributed by atoms with Gasteiger partial charge in [-0.3, -0.25) is 0 Å². The van der Waals surface area contributed by atoms with Crippen molar-refractivity contribution in [2.75, 3.05) is 0 Å². The van der Waals surface area contributed by atoms with Crippen molar-refractivity contribution in [3.8, 4) is 0 Å². The van der Waals surface area contributed by atoms with Crippen molar-refractivity contribution < 1.29 is 18.3 Å². The molecular weight excluding hydrogens is 265 g/mol. The number of aliphatic hydroxyl groups excluding tert-OH is 1. The highest BCUT2D eigenvalue weighted by Gasteiger charge is 2.30. The third kappa shape index (κ3) is 3.61. The van der Waals surface area contributed by atoms with Gasteiger partial charge in [-0.25, -0.2) is 0 Å². The number of alkyl halides is 3. The van der Waals surface area contributed by atoms with Crippen LogP contribution >= 0.6 is 0 Å². The van der Waals surface area contributed by atoms with Gasteiger partial charge in [0.05, 0.1) is 11.7 Å². The lowest BCUT2D eigenvalue weighted by Gasteiger charge is -2.14. The molecule has 0 amide bonds. The van der Waals surface area contributed by atoms with Crippen LogP contribution in [0.5, 0.6) is 0 Å². The van der Waals surface area contributed by atoms with Crippen molar-refractivity contribution in [3.63, 3.8) is 0 Å². The molecule has 0 bridgehead atoms. The molecule has 0 radical (unpaired) electrons. The Kier molecular flexibility index (Phi) is 4.14. The lowest BCUT2D eigenvalue weighted by atomic mass is 9.99. The van der Waals surface area contributed by atoms with Crippen molar-refractivity contribution in [1.29, 1.82) is 0 Å². The minimum atomic E-state index is -4.39. The number of rotatable bonds is 3. The summed E-state index contributed by atoms with van der Waals surface area (Å²) in [4.78, 5) is 0. The van der Waals surface area contributed by atoms with Gasteiger partial charge in [-0.1, -0.05) is 42.0 Å². The number of aryl methyl sites for hydroxylation is 1. The third-order valence-electron chi connectivity index (χ3n) is 3.11. The van der Waals surface area contributed by atoms with Gasteiger partial charge in [0.2, 0.25) is 0 Å². The topological polar surface area (TPSA) is 20.2 Å². The molecule has 1 unspecified atom stereocenters. The molecule has 0 heterocycles. The van der Waals surface area contributed by atoms with E-state index in [4.69, 9.17) is 0 Å². The quantitative estimate of drug-likeness (QED) is 0.889. The van der Waals surface area contributed by atoms with E-state index in [2.05, 4.69) is 0 Å². The Morgan fingerprint density at radius 3 is 2.40 bits per heavy atom. The molecule has 2 aromatic carbocycles. The summed E-state index contributed by atoms with van der Waals surface area (Å²) in [6.45, 7) is 1.93. The first-order valence-electron chi connectivity index (χ1n) is 6.27. The highest BCUT2D eigenvalue weighted by molar-refractivity contribution is 5.29. The number of hydrogen-bond acceptors (Lipinski definition) is 1. The lowest BCUT2D eigenvalue weighted by molar-refractivity contribution is -0.137. The third-order valence-corrected chi connectivity index (χ3v) is 3.11. The predicted molar refractivity (Wildman–Crippen MR) is 71.3 cm³/mol. The monoisotopic (exact) mass is 280 g/mol. The maximum Gasteiger partial charge on any atom is 0.416 e. The Morgan fingerprint density at radius 1 is 1.05 bits per heavy atom. The van der Waals surface area contributed by atoms with Crippen LogP contribution in [0.4, 0.5) is 13.2 Å². The van der Waals surface area contributed by atoms with Crippen LogP contribution in [0.1, 0.15) is 28.4 Å². The molecule has 106 valence electrons. The van der Waals surface area contributed by atoms with Gasteiger partial charge in [0.25, 0.3) is 0 Å². The van der Waals surface area contributed by atoms with Gasteiger partial charge in [0.15, 0.2) is 0 Å². The van der Waals surface area contributed by atoms with Gasteiger partial charge in [0.1, 0.15) is 0 Å². The fourth-order valence-corrected chi connectivity index (χ4v) is 2.10. The Hall–Kier alpha value is -1.81. The van der Waals surface area contributed by atoms with Crippen LogP contribution in [-0.2, 0) is 12.6 Å². The van der Waals surface area contributed by atoms with E-state index in [0.717, 1.165) is 23.3 Å². The van der Waals surface area contributed by atoms with Crippen LogP contribution in [0, 0.1) is 6.92 Å². The normalized spacial score (nSPS) is 13.2. The summed E-state index contributed by atoms with van der Waals surface area (Å²) >= 11 is 0. The molecule has 0 aliphatic carbocycles. The molecule has 0 aliphatic rings. The first-order chi connectivity index (χ1) is 9.36. The minimum absolute atomic E-state index is 0.279. The molecule has 1 N–H and O–H groups in total. The van der Waals surface area contributed by atoms with Crippen molar-refractivity contribution in [2.45, 2.75) is 25.6 Å². The summed E-state index contributed by atoms with van der Waals surface area (Å²) in [6.07, 6.45) is -5.04. The summed E-state index contributed by atoms with van der Waals surface area (Å²) in [6, 6.07) is 12.4. The molecule has 0 aromatic heterocycles. The summed E-state index contributed by atoms with van der Waals surface area (Å²) in [5.41, 5.74) is 1.49. The average Bonchev–Trinajstić information content (AvgIpc) is 2.38. The Morgan fingerprint density at radius 2 is 1.75 bits per heavy atom. The second-order valence-corrected chi connectivity index (χ2v) is 4.83. The van der Waals surface area contributed by atoms with Crippen LogP contribution in [0.3, 0.4) is 0 Å². The lowest BCUT2D eigenvalue weighted by Crippen LogP contribution is -2.08. The maximum absolute atomic E-state index is 12.6. The molecule has 2 rings (SSSR count). The van der Waals surface area contributed by atoms with E-state index in [9.17, 15) is 18.3 Å². The second kappa shape index (κ2) is 5.67. The van der Waals surface area contributed by atoms with Crippen molar-refractivity contribution >= 4 is 0 Å². The van der Waals surface area contributed by atoms with Crippen molar-refractivity contribution in [2.24, 2.45) is 0 Å². The smallest absolute Gasteiger partial charge is 0.388 e. The van der Waals surface area contributed by atoms with Gasteiger partial charge in [0, 0.05) is 6.42 Å². The molecular formula is C16H15F3O. The summed E-state index contributed by atoms with van der Waals surface area (Å²) in [7, 11) is 0. The summed E-state index contributed by atoms with van der Waals surface area (Å²) in [5, 5.41) is 10.1. The molecule has 1 nitrogen and oxygen atoms in total.